The molecule has 1 aromatic carbocycles. The van der Waals surface area contributed by atoms with E-state index in [1.807, 2.05) is 13.8 Å². The predicted molar refractivity (Wildman–Crippen MR) is 90.4 cm³/mol. The number of hydrogen-bond acceptors (Lipinski definition) is 6. The van der Waals surface area contributed by atoms with Crippen molar-refractivity contribution in [3.8, 4) is 17.1 Å². The van der Waals surface area contributed by atoms with Gasteiger partial charge in [-0.05, 0) is 38.1 Å². The minimum atomic E-state index is -0.310. The first kappa shape index (κ1) is 15.2. The maximum absolute atomic E-state index is 13.1. The van der Waals surface area contributed by atoms with Gasteiger partial charge in [0.2, 0.25) is 0 Å². The molecular weight excluding hydrogens is 323 g/mol. The highest BCUT2D eigenvalue weighted by Gasteiger charge is 2.20. The molecule has 0 spiro atoms. The SMILES string of the molecule is CC(C)n1nc(-c2cn(-c3ccc(F)cc3)nn2)c2c(N)ncnc21. The summed E-state index contributed by atoms with van der Waals surface area (Å²) < 4.78 is 16.4. The molecule has 9 heteroatoms. The van der Waals surface area contributed by atoms with Crippen LogP contribution in [-0.4, -0.2) is 34.7 Å². The van der Waals surface area contributed by atoms with Crippen LogP contribution < -0.4 is 5.73 Å². The number of halogens is 1. The van der Waals surface area contributed by atoms with Gasteiger partial charge in [-0.2, -0.15) is 5.10 Å². The summed E-state index contributed by atoms with van der Waals surface area (Å²) in [7, 11) is 0. The van der Waals surface area contributed by atoms with E-state index < -0.39 is 0 Å². The van der Waals surface area contributed by atoms with Gasteiger partial charge in [0.15, 0.2) is 5.65 Å². The van der Waals surface area contributed by atoms with E-state index in [1.165, 1.54) is 18.5 Å². The molecule has 0 aliphatic carbocycles. The van der Waals surface area contributed by atoms with Gasteiger partial charge in [-0.1, -0.05) is 5.21 Å². The summed E-state index contributed by atoms with van der Waals surface area (Å²) in [5.74, 6) is 0.0268. The minimum Gasteiger partial charge on any atom is -0.383 e. The fraction of sp³-hybridized carbons (Fsp3) is 0.188. The van der Waals surface area contributed by atoms with Crippen molar-refractivity contribution in [3.63, 3.8) is 0 Å². The second-order valence-electron chi connectivity index (χ2n) is 5.87. The standard InChI is InChI=1S/C16H15FN8/c1-9(2)25-16-13(15(18)19-8-20-16)14(22-25)12-7-24(23-21-12)11-5-3-10(17)4-6-11/h3-9H,1-2H3,(H2,18,19,20). The molecule has 126 valence electrons. The third-order valence-corrected chi connectivity index (χ3v) is 3.83. The van der Waals surface area contributed by atoms with Crippen LogP contribution in [-0.2, 0) is 0 Å². The van der Waals surface area contributed by atoms with E-state index in [4.69, 9.17) is 5.73 Å². The third kappa shape index (κ3) is 2.49. The maximum Gasteiger partial charge on any atom is 0.164 e. The number of nitrogens with zero attached hydrogens (tertiary/aromatic N) is 7. The lowest BCUT2D eigenvalue weighted by molar-refractivity contribution is 0.547. The Morgan fingerprint density at radius 2 is 1.88 bits per heavy atom. The second-order valence-corrected chi connectivity index (χ2v) is 5.87. The molecule has 0 aliphatic rings. The van der Waals surface area contributed by atoms with Crippen LogP contribution in [0.5, 0.6) is 0 Å². The maximum atomic E-state index is 13.1. The molecule has 0 fully saturated rings. The lowest BCUT2D eigenvalue weighted by atomic mass is 10.2. The largest absolute Gasteiger partial charge is 0.383 e. The van der Waals surface area contributed by atoms with Crippen LogP contribution in [0.3, 0.4) is 0 Å². The highest BCUT2D eigenvalue weighted by molar-refractivity contribution is 5.97. The van der Waals surface area contributed by atoms with Crippen molar-refractivity contribution >= 4 is 16.9 Å². The molecule has 0 aliphatic heterocycles. The minimum absolute atomic E-state index is 0.0951. The number of rotatable bonds is 3. The number of anilines is 1. The van der Waals surface area contributed by atoms with Crippen LogP contribution in [0.15, 0.2) is 36.8 Å². The molecule has 0 saturated heterocycles. The molecular formula is C16H15FN8. The summed E-state index contributed by atoms with van der Waals surface area (Å²) in [6, 6.07) is 6.07. The van der Waals surface area contributed by atoms with E-state index in [9.17, 15) is 4.39 Å². The summed E-state index contributed by atoms with van der Waals surface area (Å²) in [5, 5.41) is 13.5. The van der Waals surface area contributed by atoms with Gasteiger partial charge >= 0.3 is 0 Å². The first-order valence-electron chi connectivity index (χ1n) is 7.72. The zero-order valence-corrected chi connectivity index (χ0v) is 13.6. The highest BCUT2D eigenvalue weighted by Crippen LogP contribution is 2.30. The van der Waals surface area contributed by atoms with Gasteiger partial charge in [-0.15, -0.1) is 5.10 Å². The lowest BCUT2D eigenvalue weighted by Gasteiger charge is -2.05. The number of hydrogen-bond donors (Lipinski definition) is 1. The average Bonchev–Trinajstić information content (AvgIpc) is 3.20. The van der Waals surface area contributed by atoms with E-state index in [0.29, 0.717) is 33.9 Å². The molecule has 4 aromatic rings. The van der Waals surface area contributed by atoms with Gasteiger partial charge < -0.3 is 5.73 Å². The predicted octanol–water partition coefficient (Wildman–Crippen LogP) is 2.38. The van der Waals surface area contributed by atoms with Crippen molar-refractivity contribution in [2.75, 3.05) is 5.73 Å². The lowest BCUT2D eigenvalue weighted by Crippen LogP contribution is -2.04. The molecule has 0 atom stereocenters. The van der Waals surface area contributed by atoms with Crippen LogP contribution in [0.2, 0.25) is 0 Å². The number of nitrogens with two attached hydrogens (primary N) is 1. The number of nitrogen functional groups attached to an aromatic ring is 1. The summed E-state index contributed by atoms with van der Waals surface area (Å²) in [6.07, 6.45) is 3.13. The smallest absolute Gasteiger partial charge is 0.164 e. The Morgan fingerprint density at radius 1 is 1.12 bits per heavy atom. The Bertz CT molecular complexity index is 1050. The van der Waals surface area contributed by atoms with Crippen molar-refractivity contribution in [3.05, 3.63) is 42.6 Å². The zero-order valence-electron chi connectivity index (χ0n) is 13.6. The third-order valence-electron chi connectivity index (χ3n) is 3.83. The second kappa shape index (κ2) is 5.62. The Morgan fingerprint density at radius 3 is 2.60 bits per heavy atom. The summed E-state index contributed by atoms with van der Waals surface area (Å²) in [5.41, 5.74) is 8.48. The first-order chi connectivity index (χ1) is 12.0. The van der Waals surface area contributed by atoms with E-state index in [0.717, 1.165) is 0 Å². The molecule has 25 heavy (non-hydrogen) atoms. The van der Waals surface area contributed by atoms with E-state index in [2.05, 4.69) is 25.4 Å². The Balaban J connectivity index is 1.87. The molecule has 0 saturated carbocycles. The Labute approximate surface area is 142 Å². The quantitative estimate of drug-likeness (QED) is 0.615. The summed E-state index contributed by atoms with van der Waals surface area (Å²) in [4.78, 5) is 8.35. The van der Waals surface area contributed by atoms with Gasteiger partial charge in [-0.25, -0.2) is 23.7 Å². The molecule has 4 rings (SSSR count). The van der Waals surface area contributed by atoms with Crippen LogP contribution >= 0.6 is 0 Å². The van der Waals surface area contributed by atoms with Crippen molar-refractivity contribution < 1.29 is 4.39 Å². The molecule has 0 unspecified atom stereocenters. The van der Waals surface area contributed by atoms with Gasteiger partial charge in [0.1, 0.15) is 29.4 Å². The molecule has 0 amide bonds. The highest BCUT2D eigenvalue weighted by atomic mass is 19.1. The van der Waals surface area contributed by atoms with E-state index in [-0.39, 0.29) is 11.9 Å². The number of fused-ring (bicyclic) bond motifs is 1. The van der Waals surface area contributed by atoms with Crippen molar-refractivity contribution in [2.24, 2.45) is 0 Å². The number of aromatic nitrogens is 7. The van der Waals surface area contributed by atoms with Crippen molar-refractivity contribution in [2.45, 2.75) is 19.9 Å². The van der Waals surface area contributed by atoms with Crippen molar-refractivity contribution in [1.29, 1.82) is 0 Å². The molecule has 0 bridgehead atoms. The van der Waals surface area contributed by atoms with Gasteiger partial charge in [0, 0.05) is 6.04 Å². The van der Waals surface area contributed by atoms with Crippen LogP contribution in [0.25, 0.3) is 28.1 Å². The molecule has 3 aromatic heterocycles. The zero-order chi connectivity index (χ0) is 17.6. The van der Waals surface area contributed by atoms with Gasteiger partial charge in [0.05, 0.1) is 17.3 Å². The molecule has 0 radical (unpaired) electrons. The average molecular weight is 338 g/mol. The summed E-state index contributed by atoms with van der Waals surface area (Å²) >= 11 is 0. The Hall–Kier alpha value is -3.36. The van der Waals surface area contributed by atoms with Crippen molar-refractivity contribution in [1.82, 2.24) is 34.7 Å². The van der Waals surface area contributed by atoms with Crippen LogP contribution in [0, 0.1) is 5.82 Å². The molecule has 2 N–H and O–H groups in total. The first-order valence-corrected chi connectivity index (χ1v) is 7.72. The summed E-state index contributed by atoms with van der Waals surface area (Å²) in [6.45, 7) is 4.01. The van der Waals surface area contributed by atoms with Crippen LogP contribution in [0.4, 0.5) is 10.2 Å². The topological polar surface area (TPSA) is 100 Å². The fourth-order valence-corrected chi connectivity index (χ4v) is 2.63. The molecule has 8 nitrogen and oxygen atoms in total. The van der Waals surface area contributed by atoms with Crippen LogP contribution in [0.1, 0.15) is 19.9 Å². The number of benzene rings is 1. The van der Waals surface area contributed by atoms with Gasteiger partial charge in [-0.3, -0.25) is 0 Å². The Kier molecular flexibility index (Phi) is 3.41. The van der Waals surface area contributed by atoms with E-state index in [1.54, 1.807) is 27.7 Å². The normalized spacial score (nSPS) is 11.5. The monoisotopic (exact) mass is 338 g/mol. The van der Waals surface area contributed by atoms with E-state index >= 15 is 0 Å². The fourth-order valence-electron chi connectivity index (χ4n) is 2.63. The molecule has 3 heterocycles. The van der Waals surface area contributed by atoms with Gasteiger partial charge in [0.25, 0.3) is 0 Å².